The van der Waals surface area contributed by atoms with E-state index in [0.29, 0.717) is 18.2 Å². The van der Waals surface area contributed by atoms with Crippen LogP contribution in [0.25, 0.3) is 5.57 Å². The number of halogens is 1. The molecule has 1 heterocycles. The van der Waals surface area contributed by atoms with Crippen LogP contribution < -0.4 is 15.4 Å². The van der Waals surface area contributed by atoms with Crippen molar-refractivity contribution in [2.24, 2.45) is 10.9 Å². The molecule has 1 unspecified atom stereocenters. The van der Waals surface area contributed by atoms with Crippen LogP contribution >= 0.6 is 15.9 Å². The van der Waals surface area contributed by atoms with E-state index in [9.17, 15) is 4.79 Å². The molecule has 1 atom stereocenters. The minimum absolute atomic E-state index is 0.000260. The van der Waals surface area contributed by atoms with E-state index in [1.54, 1.807) is 0 Å². The van der Waals surface area contributed by atoms with Gasteiger partial charge in [-0.1, -0.05) is 86.2 Å². The lowest BCUT2D eigenvalue weighted by atomic mass is 9.85. The second-order valence-electron chi connectivity index (χ2n) is 10.8. The summed E-state index contributed by atoms with van der Waals surface area (Å²) in [5, 5.41) is 6.69. The maximum absolute atomic E-state index is 12.2. The van der Waals surface area contributed by atoms with E-state index in [0.717, 1.165) is 48.8 Å². The third kappa shape index (κ3) is 8.10. The number of nitrogens with one attached hydrogen (secondary N) is 2. The van der Waals surface area contributed by atoms with Gasteiger partial charge in [0.1, 0.15) is 5.75 Å². The van der Waals surface area contributed by atoms with Gasteiger partial charge < -0.3 is 15.4 Å². The summed E-state index contributed by atoms with van der Waals surface area (Å²) in [5.41, 5.74) is 8.87. The number of aryl methyl sites for hydroxylation is 1. The minimum Gasteiger partial charge on any atom is -0.484 e. The summed E-state index contributed by atoms with van der Waals surface area (Å²) in [6.07, 6.45) is 10.7. The first kappa shape index (κ1) is 29.6. The number of carbonyl (C=O) groups excluding carboxylic acids is 1. The Labute approximate surface area is 257 Å². The Morgan fingerprint density at radius 3 is 2.50 bits per heavy atom. The summed E-state index contributed by atoms with van der Waals surface area (Å²) in [4.78, 5) is 16.8. The van der Waals surface area contributed by atoms with Gasteiger partial charge >= 0.3 is 0 Å². The molecule has 6 heteroatoms. The lowest BCUT2D eigenvalue weighted by molar-refractivity contribution is -0.123. The maximum Gasteiger partial charge on any atom is 0.258 e. The zero-order valence-corrected chi connectivity index (χ0v) is 25.7. The number of nitrogens with zero attached hydrogens (tertiary/aromatic N) is 1. The number of aliphatic imine (C=N–C) groups is 1. The second kappa shape index (κ2) is 14.8. The standard InChI is InChI=1S/C36H38BrN3O2/c1-2-8-28-9-6-7-12-33(28)29-17-18-34-30(23-38-24-35(34)37)20-31(19-29)39-21-26-13-15-27(16-14-26)22-40-36(41)25-42-32-10-4-3-5-11-32/h3-7,9-17,19,24,30,39H,2,8,18,20-23,25H2,1H3,(H,40,41)/b29-17-,31-19+. The molecule has 2 N–H and O–H groups in total. The molecule has 1 aliphatic carbocycles. The van der Waals surface area contributed by atoms with Gasteiger partial charge in [0.15, 0.2) is 6.61 Å². The molecule has 5 rings (SSSR count). The summed E-state index contributed by atoms with van der Waals surface area (Å²) in [5.74, 6) is 0.925. The molecule has 5 nitrogen and oxygen atoms in total. The molecule has 42 heavy (non-hydrogen) atoms. The molecule has 0 spiro atoms. The SMILES string of the molecule is CCCc1ccccc1C1=C\CC2=C(Br)C=NCC2C/C(NCc2ccc(CNC(=O)COc3ccccc3)cc2)=C\1. The summed E-state index contributed by atoms with van der Waals surface area (Å²) in [6.45, 7) is 4.24. The largest absolute Gasteiger partial charge is 0.484 e. The number of para-hydroxylation sites is 1. The molecular weight excluding hydrogens is 586 g/mol. The average molecular weight is 625 g/mol. The van der Waals surface area contributed by atoms with Crippen LogP contribution in [0, 0.1) is 5.92 Å². The number of amides is 1. The zero-order chi connectivity index (χ0) is 29.1. The van der Waals surface area contributed by atoms with Gasteiger partial charge in [-0.2, -0.15) is 0 Å². The predicted molar refractivity (Wildman–Crippen MR) is 176 cm³/mol. The van der Waals surface area contributed by atoms with Crippen molar-refractivity contribution in [1.29, 1.82) is 0 Å². The molecule has 1 amide bonds. The van der Waals surface area contributed by atoms with E-state index in [1.807, 2.05) is 36.5 Å². The summed E-state index contributed by atoms with van der Waals surface area (Å²) in [7, 11) is 0. The van der Waals surface area contributed by atoms with Crippen molar-refractivity contribution >= 4 is 33.6 Å². The third-order valence-electron chi connectivity index (χ3n) is 7.66. The Hall–Kier alpha value is -3.90. The molecule has 1 aliphatic heterocycles. The smallest absolute Gasteiger partial charge is 0.258 e. The van der Waals surface area contributed by atoms with Crippen LogP contribution in [-0.4, -0.2) is 25.3 Å². The highest BCUT2D eigenvalue weighted by molar-refractivity contribution is 9.12. The van der Waals surface area contributed by atoms with Crippen LogP contribution in [0.1, 0.15) is 48.4 Å². The van der Waals surface area contributed by atoms with Crippen molar-refractivity contribution in [1.82, 2.24) is 10.6 Å². The first-order chi connectivity index (χ1) is 20.6. The normalized spacial score (nSPS) is 19.0. The highest BCUT2D eigenvalue weighted by Gasteiger charge is 2.23. The topological polar surface area (TPSA) is 62.7 Å². The first-order valence-electron chi connectivity index (χ1n) is 14.7. The highest BCUT2D eigenvalue weighted by atomic mass is 79.9. The summed E-state index contributed by atoms with van der Waals surface area (Å²) >= 11 is 3.78. The van der Waals surface area contributed by atoms with Crippen molar-refractivity contribution < 1.29 is 9.53 Å². The number of hydrogen-bond acceptors (Lipinski definition) is 4. The van der Waals surface area contributed by atoms with Crippen molar-refractivity contribution in [2.75, 3.05) is 13.2 Å². The average Bonchev–Trinajstić information content (AvgIpc) is 3.01. The van der Waals surface area contributed by atoms with Gasteiger partial charge in [-0.25, -0.2) is 0 Å². The Kier molecular flexibility index (Phi) is 10.4. The molecule has 0 bridgehead atoms. The molecule has 2 aliphatic rings. The molecule has 0 saturated heterocycles. The fourth-order valence-electron chi connectivity index (χ4n) is 5.40. The Balaban J connectivity index is 1.23. The van der Waals surface area contributed by atoms with Gasteiger partial charge in [0.05, 0.1) is 0 Å². The molecule has 0 radical (unpaired) electrons. The lowest BCUT2D eigenvalue weighted by Gasteiger charge is -2.27. The van der Waals surface area contributed by atoms with Gasteiger partial charge in [-0.3, -0.25) is 9.79 Å². The first-order valence-corrected chi connectivity index (χ1v) is 15.5. The number of hydrogen-bond donors (Lipinski definition) is 2. The minimum atomic E-state index is -0.141. The predicted octanol–water partition coefficient (Wildman–Crippen LogP) is 7.53. The second-order valence-corrected chi connectivity index (χ2v) is 11.6. The number of ether oxygens (including phenoxy) is 1. The molecule has 0 saturated carbocycles. The van der Waals surface area contributed by atoms with E-state index in [4.69, 9.17) is 4.74 Å². The molecule has 3 aromatic rings. The van der Waals surface area contributed by atoms with Crippen LogP contribution in [0.15, 0.2) is 112 Å². The van der Waals surface area contributed by atoms with Gasteiger partial charge in [0, 0.05) is 41.9 Å². The summed E-state index contributed by atoms with van der Waals surface area (Å²) < 4.78 is 6.65. The zero-order valence-electron chi connectivity index (χ0n) is 24.1. The van der Waals surface area contributed by atoms with Crippen LogP contribution in [0.2, 0.25) is 0 Å². The van der Waals surface area contributed by atoms with Gasteiger partial charge in [0.25, 0.3) is 5.91 Å². The molecular formula is C36H38BrN3O2. The number of allylic oxidation sites excluding steroid dienone is 5. The molecule has 0 aromatic heterocycles. The van der Waals surface area contributed by atoms with Crippen molar-refractivity contribution in [3.05, 3.63) is 129 Å². The van der Waals surface area contributed by atoms with Crippen LogP contribution in [0.3, 0.4) is 0 Å². The molecule has 216 valence electrons. The van der Waals surface area contributed by atoms with Crippen LogP contribution in [0.4, 0.5) is 0 Å². The fourth-order valence-corrected chi connectivity index (χ4v) is 6.03. The number of carbonyl (C=O) groups is 1. The van der Waals surface area contributed by atoms with Crippen molar-refractivity contribution in [3.8, 4) is 5.75 Å². The monoisotopic (exact) mass is 623 g/mol. The van der Waals surface area contributed by atoms with E-state index in [1.165, 1.54) is 33.5 Å². The number of rotatable bonds is 11. The highest BCUT2D eigenvalue weighted by Crippen LogP contribution is 2.35. The Morgan fingerprint density at radius 2 is 1.71 bits per heavy atom. The fraction of sp³-hybridized carbons (Fsp3) is 0.278. The molecule has 3 aromatic carbocycles. The number of benzene rings is 3. The number of dihydropyridines is 1. The Bertz CT molecular complexity index is 1490. The van der Waals surface area contributed by atoms with Crippen molar-refractivity contribution in [2.45, 2.75) is 45.7 Å². The lowest BCUT2D eigenvalue weighted by Crippen LogP contribution is -2.28. The Morgan fingerprint density at radius 1 is 0.976 bits per heavy atom. The van der Waals surface area contributed by atoms with Crippen molar-refractivity contribution in [3.63, 3.8) is 0 Å². The molecule has 0 fully saturated rings. The summed E-state index contributed by atoms with van der Waals surface area (Å²) in [6, 6.07) is 26.5. The number of fused-ring (bicyclic) bond motifs is 1. The van der Waals surface area contributed by atoms with Gasteiger partial charge in [-0.05, 0) is 86.8 Å². The van der Waals surface area contributed by atoms with E-state index >= 15 is 0 Å². The van der Waals surface area contributed by atoms with Crippen LogP contribution in [-0.2, 0) is 24.3 Å². The van der Waals surface area contributed by atoms with E-state index in [-0.39, 0.29) is 12.5 Å². The van der Waals surface area contributed by atoms with E-state index < -0.39 is 0 Å². The quantitative estimate of drug-likeness (QED) is 0.232. The maximum atomic E-state index is 12.2. The van der Waals surface area contributed by atoms with Gasteiger partial charge in [-0.15, -0.1) is 0 Å². The van der Waals surface area contributed by atoms with Gasteiger partial charge in [0.2, 0.25) is 0 Å². The third-order valence-corrected chi connectivity index (χ3v) is 8.38. The van der Waals surface area contributed by atoms with Crippen LogP contribution in [0.5, 0.6) is 5.75 Å². The van der Waals surface area contributed by atoms with E-state index in [2.05, 4.69) is 99.2 Å².